The van der Waals surface area contributed by atoms with Crippen LogP contribution < -0.4 is 20.1 Å². The average Bonchev–Trinajstić information content (AvgIpc) is 2.75. The van der Waals surface area contributed by atoms with E-state index >= 15 is 0 Å². The van der Waals surface area contributed by atoms with Crippen molar-refractivity contribution in [1.82, 2.24) is 15.5 Å². The van der Waals surface area contributed by atoms with Gasteiger partial charge in [-0.3, -0.25) is 9.89 Å². The summed E-state index contributed by atoms with van der Waals surface area (Å²) in [6, 6.07) is 5.39. The van der Waals surface area contributed by atoms with E-state index in [-0.39, 0.29) is 5.54 Å². The second-order valence-electron chi connectivity index (χ2n) is 7.65. The number of hydrogen-bond acceptors (Lipinski definition) is 6. The molecule has 0 aromatic heterocycles. The average molecular weight is 409 g/mol. The summed E-state index contributed by atoms with van der Waals surface area (Å²) in [5.74, 6) is 1.97. The molecule has 1 aromatic carbocycles. The number of hydrogen-bond donors (Lipinski definition) is 3. The van der Waals surface area contributed by atoms with Crippen molar-refractivity contribution in [2.24, 2.45) is 4.99 Å². The fraction of sp³-hybridized carbons (Fsp3) is 0.667. The van der Waals surface area contributed by atoms with E-state index in [1.54, 1.807) is 32.4 Å². The fourth-order valence-corrected chi connectivity index (χ4v) is 3.22. The van der Waals surface area contributed by atoms with Crippen molar-refractivity contribution < 1.29 is 19.3 Å². The van der Waals surface area contributed by atoms with E-state index in [4.69, 9.17) is 19.2 Å². The SMILES string of the molecule is CCNC(=NCC(C)(C)N1CCOCC1)NCC(O)c1cc(OC)cc(OC)c1. The van der Waals surface area contributed by atoms with Crippen LogP contribution in [0.5, 0.6) is 11.5 Å². The van der Waals surface area contributed by atoms with Crippen molar-refractivity contribution in [3.8, 4) is 11.5 Å². The Bertz CT molecular complexity index is 638. The lowest BCUT2D eigenvalue weighted by Crippen LogP contribution is -2.52. The number of aliphatic imine (C=N–C) groups is 1. The summed E-state index contributed by atoms with van der Waals surface area (Å²) in [6.45, 7) is 11.5. The number of ether oxygens (including phenoxy) is 3. The minimum absolute atomic E-state index is 0.0646. The summed E-state index contributed by atoms with van der Waals surface area (Å²) >= 11 is 0. The minimum atomic E-state index is -0.727. The van der Waals surface area contributed by atoms with Gasteiger partial charge in [0, 0.05) is 37.8 Å². The Morgan fingerprint density at radius 2 is 1.79 bits per heavy atom. The monoisotopic (exact) mass is 408 g/mol. The van der Waals surface area contributed by atoms with E-state index in [0.717, 1.165) is 38.4 Å². The van der Waals surface area contributed by atoms with E-state index < -0.39 is 6.10 Å². The first kappa shape index (κ1) is 23.3. The molecule has 164 valence electrons. The molecule has 1 aliphatic heterocycles. The van der Waals surface area contributed by atoms with Gasteiger partial charge in [0.25, 0.3) is 0 Å². The molecule has 0 aliphatic carbocycles. The van der Waals surface area contributed by atoms with E-state index in [1.807, 2.05) is 6.92 Å². The number of nitrogens with zero attached hydrogens (tertiary/aromatic N) is 2. The summed E-state index contributed by atoms with van der Waals surface area (Å²) in [5, 5.41) is 17.1. The third-order valence-electron chi connectivity index (χ3n) is 5.06. The highest BCUT2D eigenvalue weighted by Crippen LogP contribution is 2.26. The highest BCUT2D eigenvalue weighted by atomic mass is 16.5. The Labute approximate surface area is 174 Å². The van der Waals surface area contributed by atoms with Crippen LogP contribution in [0.4, 0.5) is 0 Å². The lowest BCUT2D eigenvalue weighted by Gasteiger charge is -2.39. The summed E-state index contributed by atoms with van der Waals surface area (Å²) in [5.41, 5.74) is 0.656. The van der Waals surface area contributed by atoms with Gasteiger partial charge in [0.05, 0.1) is 40.1 Å². The molecule has 1 aromatic rings. The van der Waals surface area contributed by atoms with Gasteiger partial charge < -0.3 is 30.0 Å². The standard InChI is InChI=1S/C21H36N4O4/c1-6-22-20(24-15-21(2,3)25-7-9-29-10-8-25)23-14-19(26)16-11-17(27-4)13-18(12-16)28-5/h11-13,19,26H,6-10,14-15H2,1-5H3,(H2,22,23,24). The molecule has 0 bridgehead atoms. The van der Waals surface area contributed by atoms with E-state index in [1.165, 1.54) is 0 Å². The molecule has 1 aliphatic rings. The van der Waals surface area contributed by atoms with Crippen LogP contribution in [0.3, 0.4) is 0 Å². The van der Waals surface area contributed by atoms with Crippen LogP contribution in [0.1, 0.15) is 32.4 Å². The summed E-state index contributed by atoms with van der Waals surface area (Å²) in [7, 11) is 3.19. The van der Waals surface area contributed by atoms with Crippen molar-refractivity contribution in [2.45, 2.75) is 32.4 Å². The number of methoxy groups -OCH3 is 2. The Kier molecular flexibility index (Phi) is 9.00. The van der Waals surface area contributed by atoms with Gasteiger partial charge in [-0.1, -0.05) is 0 Å². The maximum Gasteiger partial charge on any atom is 0.191 e. The van der Waals surface area contributed by atoms with Gasteiger partial charge >= 0.3 is 0 Å². The molecule has 1 unspecified atom stereocenters. The first-order chi connectivity index (χ1) is 13.9. The van der Waals surface area contributed by atoms with Crippen molar-refractivity contribution in [3.63, 3.8) is 0 Å². The lowest BCUT2D eigenvalue weighted by atomic mass is 10.0. The molecule has 29 heavy (non-hydrogen) atoms. The Morgan fingerprint density at radius 3 is 2.34 bits per heavy atom. The molecule has 0 radical (unpaired) electrons. The second-order valence-corrected chi connectivity index (χ2v) is 7.65. The molecule has 1 heterocycles. The Balaban J connectivity index is 1.99. The molecule has 1 atom stereocenters. The van der Waals surface area contributed by atoms with Crippen molar-refractivity contribution in [1.29, 1.82) is 0 Å². The molecule has 1 saturated heterocycles. The third kappa shape index (κ3) is 7.06. The topological polar surface area (TPSA) is 87.6 Å². The zero-order valence-corrected chi connectivity index (χ0v) is 18.3. The number of rotatable bonds is 9. The summed E-state index contributed by atoms with van der Waals surface area (Å²) in [6.07, 6.45) is -0.727. The molecular weight excluding hydrogens is 372 g/mol. The third-order valence-corrected chi connectivity index (χ3v) is 5.06. The molecule has 8 nitrogen and oxygen atoms in total. The second kappa shape index (κ2) is 11.2. The molecule has 0 spiro atoms. The van der Waals surface area contributed by atoms with Crippen LogP contribution in [0.15, 0.2) is 23.2 Å². The van der Waals surface area contributed by atoms with Gasteiger partial charge in [0.15, 0.2) is 5.96 Å². The molecule has 0 amide bonds. The van der Waals surface area contributed by atoms with Crippen molar-refractivity contribution in [2.75, 3.05) is 60.2 Å². The summed E-state index contributed by atoms with van der Waals surface area (Å²) < 4.78 is 16.0. The van der Waals surface area contributed by atoms with Crippen LogP contribution in [0.25, 0.3) is 0 Å². The fourth-order valence-electron chi connectivity index (χ4n) is 3.22. The van der Waals surface area contributed by atoms with Gasteiger partial charge in [-0.25, -0.2) is 0 Å². The quantitative estimate of drug-likeness (QED) is 0.421. The summed E-state index contributed by atoms with van der Waals surface area (Å²) in [4.78, 5) is 7.15. The highest BCUT2D eigenvalue weighted by Gasteiger charge is 2.28. The number of aliphatic hydroxyl groups is 1. The van der Waals surface area contributed by atoms with Gasteiger partial charge in [0.2, 0.25) is 0 Å². The van der Waals surface area contributed by atoms with Crippen LogP contribution in [0.2, 0.25) is 0 Å². The van der Waals surface area contributed by atoms with Gasteiger partial charge in [-0.15, -0.1) is 0 Å². The molecule has 2 rings (SSSR count). The molecule has 8 heteroatoms. The van der Waals surface area contributed by atoms with E-state index in [9.17, 15) is 5.11 Å². The zero-order chi connectivity index (χ0) is 21.3. The molecule has 3 N–H and O–H groups in total. The molecule has 1 fully saturated rings. The zero-order valence-electron chi connectivity index (χ0n) is 18.3. The normalized spacial score (nSPS) is 17.0. The lowest BCUT2D eigenvalue weighted by molar-refractivity contribution is -0.00684. The maximum absolute atomic E-state index is 10.6. The van der Waals surface area contributed by atoms with Crippen LogP contribution in [-0.4, -0.2) is 81.7 Å². The van der Waals surface area contributed by atoms with Gasteiger partial charge in [-0.2, -0.15) is 0 Å². The predicted octanol–water partition coefficient (Wildman–Crippen LogP) is 1.40. The Morgan fingerprint density at radius 1 is 1.17 bits per heavy atom. The smallest absolute Gasteiger partial charge is 0.191 e. The number of morpholine rings is 1. The predicted molar refractivity (Wildman–Crippen MR) is 115 cm³/mol. The van der Waals surface area contributed by atoms with Crippen LogP contribution >= 0.6 is 0 Å². The Hall–Kier alpha value is -2.03. The van der Waals surface area contributed by atoms with E-state index in [2.05, 4.69) is 29.4 Å². The van der Waals surface area contributed by atoms with Crippen LogP contribution in [0, 0.1) is 0 Å². The largest absolute Gasteiger partial charge is 0.497 e. The molecule has 0 saturated carbocycles. The first-order valence-electron chi connectivity index (χ1n) is 10.2. The molecular formula is C21H36N4O4. The maximum atomic E-state index is 10.6. The van der Waals surface area contributed by atoms with Crippen molar-refractivity contribution >= 4 is 5.96 Å². The number of guanidine groups is 1. The highest BCUT2D eigenvalue weighted by molar-refractivity contribution is 5.79. The number of benzene rings is 1. The minimum Gasteiger partial charge on any atom is -0.497 e. The van der Waals surface area contributed by atoms with E-state index in [0.29, 0.717) is 30.5 Å². The number of nitrogens with one attached hydrogen (secondary N) is 2. The van der Waals surface area contributed by atoms with Gasteiger partial charge in [-0.05, 0) is 38.5 Å². The van der Waals surface area contributed by atoms with Crippen molar-refractivity contribution in [3.05, 3.63) is 23.8 Å². The van der Waals surface area contributed by atoms with Gasteiger partial charge in [0.1, 0.15) is 11.5 Å². The first-order valence-corrected chi connectivity index (χ1v) is 10.2. The van der Waals surface area contributed by atoms with Crippen LogP contribution in [-0.2, 0) is 4.74 Å². The number of aliphatic hydroxyl groups excluding tert-OH is 1.